The molecule has 4 rings (SSSR count). The van der Waals surface area contributed by atoms with E-state index in [0.29, 0.717) is 30.6 Å². The molecular weight excluding hydrogens is 462 g/mol. The number of piperidine rings is 1. The molecule has 0 radical (unpaired) electrons. The zero-order valence-electron chi connectivity index (χ0n) is 17.2. The first-order valence-electron chi connectivity index (χ1n) is 10.2. The lowest BCUT2D eigenvalue weighted by Gasteiger charge is -2.25. The predicted octanol–water partition coefficient (Wildman–Crippen LogP) is 1.74. The number of hydrogen-bond donors (Lipinski definition) is 0. The molecule has 1 amide bonds. The molecule has 9 nitrogen and oxygen atoms in total. The molecule has 170 valence electrons. The number of sulfone groups is 1. The summed E-state index contributed by atoms with van der Waals surface area (Å²) >= 11 is 1.10. The monoisotopic (exact) mass is 487 g/mol. The van der Waals surface area contributed by atoms with Crippen LogP contribution < -0.4 is 0 Å². The third-order valence-electron chi connectivity index (χ3n) is 5.76. The van der Waals surface area contributed by atoms with Crippen LogP contribution in [0.3, 0.4) is 0 Å². The Bertz CT molecular complexity index is 1190. The van der Waals surface area contributed by atoms with Gasteiger partial charge < -0.3 is 9.32 Å². The Morgan fingerprint density at radius 3 is 2.71 bits per heavy atom. The maximum absolute atomic E-state index is 12.9. The molecule has 0 unspecified atom stereocenters. The Hall–Kier alpha value is -1.63. The molecule has 1 aromatic heterocycles. The minimum Gasteiger partial charge on any atom is -0.431 e. The van der Waals surface area contributed by atoms with Crippen molar-refractivity contribution in [1.29, 1.82) is 0 Å². The van der Waals surface area contributed by atoms with Gasteiger partial charge in [0.15, 0.2) is 15.4 Å². The molecule has 2 saturated heterocycles. The van der Waals surface area contributed by atoms with Crippen LogP contribution in [0.4, 0.5) is 0 Å². The average Bonchev–Trinajstić information content (AvgIpc) is 3.33. The molecule has 31 heavy (non-hydrogen) atoms. The summed E-state index contributed by atoms with van der Waals surface area (Å²) in [5, 5.41) is 0.267. The van der Waals surface area contributed by atoms with Crippen LogP contribution in [0.15, 0.2) is 32.7 Å². The van der Waals surface area contributed by atoms with Gasteiger partial charge in [0.1, 0.15) is 5.52 Å². The van der Waals surface area contributed by atoms with Crippen LogP contribution in [-0.2, 0) is 24.7 Å². The van der Waals surface area contributed by atoms with E-state index >= 15 is 0 Å². The summed E-state index contributed by atoms with van der Waals surface area (Å²) in [4.78, 5) is 18.4. The van der Waals surface area contributed by atoms with Gasteiger partial charge in [-0.2, -0.15) is 4.31 Å². The Balaban J connectivity index is 1.43. The van der Waals surface area contributed by atoms with E-state index < -0.39 is 19.9 Å². The Morgan fingerprint density at radius 2 is 2.03 bits per heavy atom. The van der Waals surface area contributed by atoms with Crippen LogP contribution in [0, 0.1) is 0 Å². The molecule has 0 aliphatic carbocycles. The number of oxazole rings is 1. The molecule has 12 heteroatoms. The SMILES string of the molecule is CN(C(=O)CSc1nc2cc(S(=O)(=O)N3CCCCC3)ccc2o1)[C@H]1CCS(=O)(=O)C1. The zero-order chi connectivity index (χ0) is 22.2. The lowest BCUT2D eigenvalue weighted by molar-refractivity contribution is -0.128. The van der Waals surface area contributed by atoms with Gasteiger partial charge in [-0.3, -0.25) is 4.79 Å². The highest BCUT2D eigenvalue weighted by Gasteiger charge is 2.33. The fourth-order valence-electron chi connectivity index (χ4n) is 3.87. The van der Waals surface area contributed by atoms with Gasteiger partial charge in [-0.25, -0.2) is 21.8 Å². The van der Waals surface area contributed by atoms with Crippen LogP contribution in [0.25, 0.3) is 11.1 Å². The first-order chi connectivity index (χ1) is 14.7. The Kier molecular flexibility index (Phi) is 6.35. The molecule has 1 aromatic carbocycles. The lowest BCUT2D eigenvalue weighted by Crippen LogP contribution is -2.38. The van der Waals surface area contributed by atoms with Crippen LogP contribution >= 0.6 is 11.8 Å². The number of sulfonamides is 1. The highest BCUT2D eigenvalue weighted by molar-refractivity contribution is 7.99. The molecule has 2 fully saturated rings. The predicted molar refractivity (Wildman–Crippen MR) is 117 cm³/mol. The van der Waals surface area contributed by atoms with Crippen molar-refractivity contribution in [2.45, 2.75) is 41.8 Å². The topological polar surface area (TPSA) is 118 Å². The normalized spacial score (nSPS) is 22.0. The van der Waals surface area contributed by atoms with Gasteiger partial charge in [-0.1, -0.05) is 18.2 Å². The molecule has 1 atom stereocenters. The molecule has 0 spiro atoms. The second-order valence-electron chi connectivity index (χ2n) is 7.92. The summed E-state index contributed by atoms with van der Waals surface area (Å²) in [5.41, 5.74) is 0.867. The fourth-order valence-corrected chi connectivity index (χ4v) is 7.95. The van der Waals surface area contributed by atoms with Crippen molar-refractivity contribution in [3.05, 3.63) is 18.2 Å². The first kappa shape index (κ1) is 22.6. The van der Waals surface area contributed by atoms with Gasteiger partial charge in [0.2, 0.25) is 15.9 Å². The number of carbonyl (C=O) groups excluding carboxylic acids is 1. The highest BCUT2D eigenvalue weighted by atomic mass is 32.2. The van der Waals surface area contributed by atoms with Crippen molar-refractivity contribution in [2.75, 3.05) is 37.4 Å². The minimum atomic E-state index is -3.57. The molecule has 3 heterocycles. The third-order valence-corrected chi connectivity index (χ3v) is 10.2. The molecule has 2 aromatic rings. The van der Waals surface area contributed by atoms with E-state index in [-0.39, 0.29) is 39.3 Å². The molecule has 2 aliphatic rings. The van der Waals surface area contributed by atoms with E-state index in [1.165, 1.54) is 21.3 Å². The van der Waals surface area contributed by atoms with Crippen molar-refractivity contribution in [3.63, 3.8) is 0 Å². The maximum atomic E-state index is 12.9. The van der Waals surface area contributed by atoms with E-state index in [1.54, 1.807) is 13.1 Å². The standard InChI is InChI=1S/C19H25N3O6S3/c1-21(14-7-10-30(24,25)13-14)18(23)12-29-19-20-16-11-15(5-6-17(16)28-19)31(26,27)22-8-3-2-4-9-22/h5-6,11,14H,2-4,7-10,12-13H2,1H3/t14-/m0/s1. The van der Waals surface area contributed by atoms with Gasteiger partial charge in [-0.15, -0.1) is 0 Å². The number of aromatic nitrogens is 1. The van der Waals surface area contributed by atoms with Crippen molar-refractivity contribution in [1.82, 2.24) is 14.2 Å². The van der Waals surface area contributed by atoms with Crippen molar-refractivity contribution in [2.24, 2.45) is 0 Å². The molecule has 0 saturated carbocycles. The number of carbonyl (C=O) groups is 1. The van der Waals surface area contributed by atoms with E-state index in [4.69, 9.17) is 4.42 Å². The molecule has 2 aliphatic heterocycles. The number of fused-ring (bicyclic) bond motifs is 1. The number of nitrogens with zero attached hydrogens (tertiary/aromatic N) is 3. The van der Waals surface area contributed by atoms with Crippen molar-refractivity contribution in [3.8, 4) is 0 Å². The van der Waals surface area contributed by atoms with E-state index in [9.17, 15) is 21.6 Å². The quantitative estimate of drug-likeness (QED) is 0.566. The lowest BCUT2D eigenvalue weighted by atomic mass is 10.2. The maximum Gasteiger partial charge on any atom is 0.257 e. The van der Waals surface area contributed by atoms with E-state index in [1.807, 2.05) is 0 Å². The van der Waals surface area contributed by atoms with Crippen LogP contribution in [0.2, 0.25) is 0 Å². The molecule has 0 bridgehead atoms. The molecule has 0 N–H and O–H groups in total. The van der Waals surface area contributed by atoms with Gasteiger partial charge in [0, 0.05) is 26.2 Å². The Labute approximate surface area is 186 Å². The highest BCUT2D eigenvalue weighted by Crippen LogP contribution is 2.28. The zero-order valence-corrected chi connectivity index (χ0v) is 19.6. The second kappa shape index (κ2) is 8.72. The largest absolute Gasteiger partial charge is 0.431 e. The van der Waals surface area contributed by atoms with Gasteiger partial charge in [0.05, 0.1) is 22.2 Å². The van der Waals surface area contributed by atoms with Crippen molar-refractivity contribution >= 4 is 48.6 Å². The van der Waals surface area contributed by atoms with Gasteiger partial charge in [-0.05, 0) is 37.5 Å². The van der Waals surface area contributed by atoms with Crippen LogP contribution in [-0.4, -0.2) is 80.4 Å². The molecular formula is C19H25N3O6S3. The summed E-state index contributed by atoms with van der Waals surface area (Å²) < 4.78 is 56.2. The number of hydrogen-bond acceptors (Lipinski definition) is 8. The summed E-state index contributed by atoms with van der Waals surface area (Å²) in [6, 6.07) is 4.31. The smallest absolute Gasteiger partial charge is 0.257 e. The number of rotatable bonds is 6. The number of benzene rings is 1. The third kappa shape index (κ3) is 4.91. The van der Waals surface area contributed by atoms with E-state index in [2.05, 4.69) is 4.98 Å². The van der Waals surface area contributed by atoms with Crippen LogP contribution in [0.1, 0.15) is 25.7 Å². The summed E-state index contributed by atoms with van der Waals surface area (Å²) in [7, 11) is -5.02. The van der Waals surface area contributed by atoms with Crippen LogP contribution in [0.5, 0.6) is 0 Å². The second-order valence-corrected chi connectivity index (χ2v) is 13.0. The van der Waals surface area contributed by atoms with Gasteiger partial charge in [0.25, 0.3) is 5.22 Å². The fraction of sp³-hybridized carbons (Fsp3) is 0.579. The summed E-state index contributed by atoms with van der Waals surface area (Å²) in [5.74, 6) is -0.0470. The summed E-state index contributed by atoms with van der Waals surface area (Å²) in [6.45, 7) is 1.05. The average molecular weight is 488 g/mol. The van der Waals surface area contributed by atoms with E-state index in [0.717, 1.165) is 31.0 Å². The minimum absolute atomic E-state index is 0.00291. The number of amides is 1. The Morgan fingerprint density at radius 1 is 1.29 bits per heavy atom. The first-order valence-corrected chi connectivity index (χ1v) is 14.4. The number of thioether (sulfide) groups is 1. The summed E-state index contributed by atoms with van der Waals surface area (Å²) in [6.07, 6.45) is 3.22. The van der Waals surface area contributed by atoms with Crippen molar-refractivity contribution < 1.29 is 26.0 Å². The van der Waals surface area contributed by atoms with Gasteiger partial charge >= 0.3 is 0 Å².